The van der Waals surface area contributed by atoms with Crippen molar-refractivity contribution in [3.8, 4) is 45.3 Å². The fourth-order valence-corrected chi connectivity index (χ4v) is 5.72. The van der Waals surface area contributed by atoms with Crippen LogP contribution >= 0.6 is 11.8 Å². The van der Waals surface area contributed by atoms with Gasteiger partial charge in [-0.2, -0.15) is 0 Å². The van der Waals surface area contributed by atoms with Gasteiger partial charge in [0.1, 0.15) is 23.0 Å². The number of carbonyl (C=O) groups excluding carboxylic acids is 2. The summed E-state index contributed by atoms with van der Waals surface area (Å²) in [6, 6.07) is 26.6. The van der Waals surface area contributed by atoms with Gasteiger partial charge in [0, 0.05) is 12.5 Å². The quantitative estimate of drug-likeness (QED) is 0.200. The Bertz CT molecular complexity index is 1590. The highest BCUT2D eigenvalue weighted by molar-refractivity contribution is 8.15. The number of aliphatic carboxylic acids is 1. The molecule has 1 aliphatic rings. The normalized spacial score (nSPS) is 14.4. The van der Waals surface area contributed by atoms with E-state index in [0.717, 1.165) is 45.1 Å². The summed E-state index contributed by atoms with van der Waals surface area (Å²) in [6.45, 7) is 0. The zero-order valence-corrected chi connectivity index (χ0v) is 23.9. The average Bonchev–Trinajstić information content (AvgIpc) is 3.32. The molecular weight excluding hydrogens is 554 g/mol. The maximum Gasteiger partial charge on any atom is 0.303 e. The molecule has 0 bridgehead atoms. The number of imide groups is 1. The third-order valence-corrected chi connectivity index (χ3v) is 7.89. The van der Waals surface area contributed by atoms with E-state index in [-0.39, 0.29) is 17.6 Å². The molecule has 214 valence electrons. The average molecular weight is 584 g/mol. The molecule has 0 spiro atoms. The molecule has 1 saturated heterocycles. The molecule has 4 aromatic carbocycles. The number of nitrogens with one attached hydrogen (secondary N) is 1. The van der Waals surface area contributed by atoms with Crippen molar-refractivity contribution in [1.82, 2.24) is 5.32 Å². The summed E-state index contributed by atoms with van der Waals surface area (Å²) in [4.78, 5) is 34.7. The third kappa shape index (κ3) is 6.75. The highest BCUT2D eigenvalue weighted by Gasteiger charge is 2.31. The molecule has 1 atom stereocenters. The smallest absolute Gasteiger partial charge is 0.303 e. The van der Waals surface area contributed by atoms with E-state index in [1.807, 2.05) is 84.9 Å². The van der Waals surface area contributed by atoms with Crippen LogP contribution in [0.2, 0.25) is 0 Å². The van der Waals surface area contributed by atoms with Crippen LogP contribution in [0.5, 0.6) is 23.0 Å². The predicted octanol–water partition coefficient (Wildman–Crippen LogP) is 6.74. The van der Waals surface area contributed by atoms with Gasteiger partial charge in [0.2, 0.25) is 5.91 Å². The van der Waals surface area contributed by atoms with Crippen molar-refractivity contribution < 1.29 is 33.7 Å². The SMILES string of the molecule is COc1cc(OC)cc(-c2cccc(CCC(=O)O)c2-c2ccc(Oc3ccc(CC4SC(=O)NC4=O)cc3)cc2)c1. The van der Waals surface area contributed by atoms with Crippen LogP contribution in [0.3, 0.4) is 0 Å². The molecular formula is C33H29NO7S. The molecule has 1 aliphatic heterocycles. The van der Waals surface area contributed by atoms with Crippen LogP contribution in [0, 0.1) is 0 Å². The van der Waals surface area contributed by atoms with Crippen molar-refractivity contribution in [3.63, 3.8) is 0 Å². The molecule has 1 unspecified atom stereocenters. The van der Waals surface area contributed by atoms with Gasteiger partial charge >= 0.3 is 5.97 Å². The Labute approximate surface area is 247 Å². The predicted molar refractivity (Wildman–Crippen MR) is 162 cm³/mol. The van der Waals surface area contributed by atoms with E-state index in [0.29, 0.717) is 35.8 Å². The molecule has 2 amide bonds. The number of carboxylic acids is 1. The third-order valence-electron chi connectivity index (χ3n) is 6.91. The van der Waals surface area contributed by atoms with Gasteiger partial charge in [-0.15, -0.1) is 0 Å². The molecule has 9 heteroatoms. The molecule has 4 aromatic rings. The van der Waals surface area contributed by atoms with Crippen molar-refractivity contribution in [1.29, 1.82) is 0 Å². The zero-order chi connectivity index (χ0) is 29.6. The number of carbonyl (C=O) groups is 3. The van der Waals surface area contributed by atoms with Gasteiger partial charge in [0.25, 0.3) is 5.24 Å². The minimum atomic E-state index is -0.858. The van der Waals surface area contributed by atoms with Gasteiger partial charge in [-0.1, -0.05) is 54.2 Å². The van der Waals surface area contributed by atoms with E-state index in [1.54, 1.807) is 14.2 Å². The number of thioether (sulfide) groups is 1. The van der Waals surface area contributed by atoms with Gasteiger partial charge < -0.3 is 19.3 Å². The highest BCUT2D eigenvalue weighted by atomic mass is 32.2. The molecule has 42 heavy (non-hydrogen) atoms. The van der Waals surface area contributed by atoms with Crippen molar-refractivity contribution in [3.05, 3.63) is 96.1 Å². The van der Waals surface area contributed by atoms with E-state index >= 15 is 0 Å². The fraction of sp³-hybridized carbons (Fsp3) is 0.182. The first-order valence-electron chi connectivity index (χ1n) is 13.3. The minimum absolute atomic E-state index is 0.00941. The summed E-state index contributed by atoms with van der Waals surface area (Å²) < 4.78 is 17.0. The lowest BCUT2D eigenvalue weighted by atomic mass is 9.88. The van der Waals surface area contributed by atoms with Gasteiger partial charge in [-0.25, -0.2) is 0 Å². The molecule has 2 N–H and O–H groups in total. The highest BCUT2D eigenvalue weighted by Crippen LogP contribution is 2.39. The molecule has 5 rings (SSSR count). The van der Waals surface area contributed by atoms with Crippen LogP contribution in [0.4, 0.5) is 4.79 Å². The summed E-state index contributed by atoms with van der Waals surface area (Å²) in [5.41, 5.74) is 5.50. The Hall–Kier alpha value is -4.76. The first kappa shape index (κ1) is 28.8. The van der Waals surface area contributed by atoms with Crippen LogP contribution in [0.15, 0.2) is 84.9 Å². The molecule has 0 saturated carbocycles. The van der Waals surface area contributed by atoms with Gasteiger partial charge in [0.05, 0.1) is 19.5 Å². The molecule has 1 heterocycles. The number of aryl methyl sites for hydroxylation is 1. The second-order valence-corrected chi connectivity index (χ2v) is 10.9. The molecule has 0 aliphatic carbocycles. The lowest BCUT2D eigenvalue weighted by Crippen LogP contribution is -2.25. The maximum atomic E-state index is 11.9. The first-order valence-corrected chi connectivity index (χ1v) is 14.2. The minimum Gasteiger partial charge on any atom is -0.497 e. The lowest BCUT2D eigenvalue weighted by molar-refractivity contribution is -0.137. The van der Waals surface area contributed by atoms with Crippen LogP contribution in [0.1, 0.15) is 17.5 Å². The van der Waals surface area contributed by atoms with Crippen molar-refractivity contribution in [2.24, 2.45) is 0 Å². The van der Waals surface area contributed by atoms with Crippen molar-refractivity contribution in [2.75, 3.05) is 14.2 Å². The maximum absolute atomic E-state index is 11.9. The summed E-state index contributed by atoms with van der Waals surface area (Å²) in [5.74, 6) is 1.46. The second-order valence-electron chi connectivity index (χ2n) is 9.69. The zero-order valence-electron chi connectivity index (χ0n) is 23.1. The second kappa shape index (κ2) is 12.8. The summed E-state index contributed by atoms with van der Waals surface area (Å²) >= 11 is 1.01. The van der Waals surface area contributed by atoms with E-state index in [4.69, 9.17) is 14.2 Å². The van der Waals surface area contributed by atoms with Crippen LogP contribution in [-0.4, -0.2) is 41.7 Å². The number of methoxy groups -OCH3 is 2. The van der Waals surface area contributed by atoms with Gasteiger partial charge in [0.15, 0.2) is 0 Å². The van der Waals surface area contributed by atoms with Crippen LogP contribution in [-0.2, 0) is 22.4 Å². The van der Waals surface area contributed by atoms with E-state index in [1.165, 1.54) is 0 Å². The Morgan fingerprint density at radius 3 is 2.05 bits per heavy atom. The molecule has 8 nitrogen and oxygen atoms in total. The van der Waals surface area contributed by atoms with Crippen molar-refractivity contribution >= 4 is 28.9 Å². The van der Waals surface area contributed by atoms with Crippen LogP contribution in [0.25, 0.3) is 22.3 Å². The number of hydrogen-bond donors (Lipinski definition) is 2. The number of rotatable bonds is 11. The van der Waals surface area contributed by atoms with Crippen LogP contribution < -0.4 is 19.5 Å². The Kier molecular flexibility index (Phi) is 8.78. The molecule has 1 fully saturated rings. The van der Waals surface area contributed by atoms with E-state index < -0.39 is 11.2 Å². The topological polar surface area (TPSA) is 111 Å². The molecule has 0 radical (unpaired) electrons. The number of amides is 2. The largest absolute Gasteiger partial charge is 0.497 e. The Morgan fingerprint density at radius 2 is 1.48 bits per heavy atom. The monoisotopic (exact) mass is 583 g/mol. The standard InChI is InChI=1S/C33H29NO7S/c1-39-26-17-23(18-27(19-26)40-2)28-5-3-4-21(10-15-30(35)36)31(28)22-8-13-25(14-9-22)41-24-11-6-20(7-12-24)16-29-32(37)34-33(38)42-29/h3-9,11-14,17-19,29H,10,15-16H2,1-2H3,(H,35,36)(H,34,37,38). The summed E-state index contributed by atoms with van der Waals surface area (Å²) in [6.07, 6.45) is 0.842. The fourth-order valence-electron chi connectivity index (χ4n) is 4.86. The number of hydrogen-bond acceptors (Lipinski definition) is 7. The number of carboxylic acid groups (broad SMARTS) is 1. The number of ether oxygens (including phenoxy) is 3. The van der Waals surface area contributed by atoms with E-state index in [2.05, 4.69) is 5.32 Å². The number of benzene rings is 4. The van der Waals surface area contributed by atoms with Gasteiger partial charge in [-0.3, -0.25) is 19.7 Å². The summed E-state index contributed by atoms with van der Waals surface area (Å²) in [7, 11) is 3.20. The van der Waals surface area contributed by atoms with E-state index in [9.17, 15) is 19.5 Å². The Balaban J connectivity index is 1.41. The first-order chi connectivity index (χ1) is 20.3. The van der Waals surface area contributed by atoms with Gasteiger partial charge in [-0.05, 0) is 82.6 Å². The lowest BCUT2D eigenvalue weighted by Gasteiger charge is -2.17. The van der Waals surface area contributed by atoms with Crippen molar-refractivity contribution in [2.45, 2.75) is 24.5 Å². The Morgan fingerprint density at radius 1 is 0.833 bits per heavy atom. The molecule has 0 aromatic heterocycles. The summed E-state index contributed by atoms with van der Waals surface area (Å²) in [5, 5.41) is 10.9.